The van der Waals surface area contributed by atoms with Gasteiger partial charge in [0.1, 0.15) is 11.4 Å². The highest BCUT2D eigenvalue weighted by atomic mass is 19.1. The van der Waals surface area contributed by atoms with E-state index in [1.54, 1.807) is 25.1 Å². The Morgan fingerprint density at radius 3 is 2.67 bits per heavy atom. The summed E-state index contributed by atoms with van der Waals surface area (Å²) in [5.74, 6) is -0.765. The maximum absolute atomic E-state index is 13.7. The van der Waals surface area contributed by atoms with Crippen molar-refractivity contribution in [3.8, 4) is 0 Å². The van der Waals surface area contributed by atoms with Crippen LogP contribution in [0.5, 0.6) is 0 Å². The number of amides is 4. The molecule has 1 aromatic rings. The van der Waals surface area contributed by atoms with Crippen molar-refractivity contribution in [2.75, 3.05) is 6.54 Å². The number of rotatable bonds is 6. The molecule has 0 radical (unpaired) electrons. The molecule has 7 heteroatoms. The van der Waals surface area contributed by atoms with Crippen molar-refractivity contribution in [3.63, 3.8) is 0 Å². The quantitative estimate of drug-likeness (QED) is 0.750. The molecular formula is C20H26FN3O3. The van der Waals surface area contributed by atoms with E-state index in [9.17, 15) is 18.8 Å². The molecule has 4 amide bonds. The summed E-state index contributed by atoms with van der Waals surface area (Å²) in [4.78, 5) is 38.2. The molecule has 27 heavy (non-hydrogen) atoms. The molecule has 1 aliphatic carbocycles. The molecule has 1 spiro atoms. The van der Waals surface area contributed by atoms with Gasteiger partial charge in [-0.3, -0.25) is 14.5 Å². The minimum absolute atomic E-state index is 0.0385. The third-order valence-corrected chi connectivity index (χ3v) is 5.41. The number of hydrogen-bond acceptors (Lipinski definition) is 3. The van der Waals surface area contributed by atoms with Crippen molar-refractivity contribution in [2.24, 2.45) is 0 Å². The molecule has 0 aromatic heterocycles. The molecule has 1 unspecified atom stereocenters. The zero-order valence-corrected chi connectivity index (χ0v) is 15.6. The summed E-state index contributed by atoms with van der Waals surface area (Å²) in [6.45, 7) is 1.86. The predicted molar refractivity (Wildman–Crippen MR) is 98.4 cm³/mol. The Balaban J connectivity index is 1.49. The number of halogens is 1. The molecular weight excluding hydrogens is 349 g/mol. The van der Waals surface area contributed by atoms with Gasteiger partial charge in [-0.05, 0) is 37.8 Å². The van der Waals surface area contributed by atoms with Gasteiger partial charge >= 0.3 is 6.03 Å². The van der Waals surface area contributed by atoms with E-state index in [1.807, 2.05) is 0 Å². The van der Waals surface area contributed by atoms with E-state index in [2.05, 4.69) is 10.6 Å². The Morgan fingerprint density at radius 1 is 1.26 bits per heavy atom. The molecule has 6 nitrogen and oxygen atoms in total. The van der Waals surface area contributed by atoms with Crippen molar-refractivity contribution in [1.82, 2.24) is 15.5 Å². The molecule has 1 aromatic carbocycles. The lowest BCUT2D eigenvalue weighted by molar-refractivity contribution is -0.132. The van der Waals surface area contributed by atoms with Gasteiger partial charge in [-0.25, -0.2) is 9.18 Å². The number of carbonyl (C=O) groups excluding carboxylic acids is 3. The van der Waals surface area contributed by atoms with Crippen LogP contribution in [0.3, 0.4) is 0 Å². The second-order valence-electron chi connectivity index (χ2n) is 7.54. The maximum Gasteiger partial charge on any atom is 0.325 e. The zero-order chi connectivity index (χ0) is 19.4. The molecule has 1 heterocycles. The van der Waals surface area contributed by atoms with Crippen molar-refractivity contribution in [1.29, 1.82) is 0 Å². The van der Waals surface area contributed by atoms with E-state index in [4.69, 9.17) is 0 Å². The number of urea groups is 1. The van der Waals surface area contributed by atoms with E-state index in [1.165, 1.54) is 6.07 Å². The summed E-state index contributed by atoms with van der Waals surface area (Å²) in [5.41, 5.74) is -0.220. The van der Waals surface area contributed by atoms with Crippen LogP contribution in [0.1, 0.15) is 51.0 Å². The van der Waals surface area contributed by atoms with Gasteiger partial charge in [-0.2, -0.15) is 0 Å². The fourth-order valence-corrected chi connectivity index (χ4v) is 3.98. The average molecular weight is 375 g/mol. The Kier molecular flexibility index (Phi) is 5.77. The van der Waals surface area contributed by atoms with E-state index in [0.717, 1.165) is 24.2 Å². The first-order valence-corrected chi connectivity index (χ1v) is 9.58. The summed E-state index contributed by atoms with van der Waals surface area (Å²) in [7, 11) is 0. The number of nitrogens with one attached hydrogen (secondary N) is 2. The van der Waals surface area contributed by atoms with Gasteiger partial charge < -0.3 is 10.6 Å². The lowest BCUT2D eigenvalue weighted by Crippen LogP contribution is -2.48. The van der Waals surface area contributed by atoms with E-state index in [-0.39, 0.29) is 36.6 Å². The third-order valence-electron chi connectivity index (χ3n) is 5.41. The number of carbonyl (C=O) groups is 3. The molecule has 146 valence electrons. The van der Waals surface area contributed by atoms with Crippen LogP contribution < -0.4 is 10.6 Å². The van der Waals surface area contributed by atoms with Crippen LogP contribution in [-0.4, -0.2) is 40.9 Å². The highest BCUT2D eigenvalue weighted by Gasteiger charge is 2.51. The predicted octanol–water partition coefficient (Wildman–Crippen LogP) is 2.52. The molecule has 3 rings (SSSR count). The molecule has 1 saturated carbocycles. The molecule has 1 saturated heterocycles. The van der Waals surface area contributed by atoms with Gasteiger partial charge in [0, 0.05) is 19.0 Å². The highest BCUT2D eigenvalue weighted by Crippen LogP contribution is 2.33. The van der Waals surface area contributed by atoms with Gasteiger partial charge in [-0.15, -0.1) is 0 Å². The second-order valence-corrected chi connectivity index (χ2v) is 7.54. The lowest BCUT2D eigenvalue weighted by atomic mass is 9.82. The van der Waals surface area contributed by atoms with Crippen LogP contribution in [0.15, 0.2) is 24.3 Å². The van der Waals surface area contributed by atoms with Crippen LogP contribution in [0.25, 0.3) is 0 Å². The summed E-state index contributed by atoms with van der Waals surface area (Å²) in [5, 5.41) is 5.64. The third kappa shape index (κ3) is 4.28. The monoisotopic (exact) mass is 375 g/mol. The summed E-state index contributed by atoms with van der Waals surface area (Å²) in [6, 6.07) is 5.80. The Hall–Kier alpha value is -2.44. The lowest BCUT2D eigenvalue weighted by Gasteiger charge is -2.30. The van der Waals surface area contributed by atoms with Crippen LogP contribution in [-0.2, 0) is 16.0 Å². The fourth-order valence-electron chi connectivity index (χ4n) is 3.98. The molecule has 0 bridgehead atoms. The number of benzene rings is 1. The number of hydrogen-bond donors (Lipinski definition) is 2. The first kappa shape index (κ1) is 19.3. The van der Waals surface area contributed by atoms with E-state index >= 15 is 0 Å². The van der Waals surface area contributed by atoms with Crippen molar-refractivity contribution in [2.45, 2.75) is 63.5 Å². The van der Waals surface area contributed by atoms with Crippen LogP contribution in [0.2, 0.25) is 0 Å². The fraction of sp³-hybridized carbons (Fsp3) is 0.550. The smallest absolute Gasteiger partial charge is 0.325 e. The van der Waals surface area contributed by atoms with Crippen LogP contribution in [0, 0.1) is 5.82 Å². The van der Waals surface area contributed by atoms with Crippen molar-refractivity contribution in [3.05, 3.63) is 35.6 Å². The minimum Gasteiger partial charge on any atom is -0.353 e. The van der Waals surface area contributed by atoms with Crippen LogP contribution in [0.4, 0.5) is 9.18 Å². The van der Waals surface area contributed by atoms with Gasteiger partial charge in [0.2, 0.25) is 5.91 Å². The van der Waals surface area contributed by atoms with Gasteiger partial charge in [-0.1, -0.05) is 37.5 Å². The van der Waals surface area contributed by atoms with Crippen molar-refractivity contribution >= 4 is 17.8 Å². The van der Waals surface area contributed by atoms with Gasteiger partial charge in [0.15, 0.2) is 0 Å². The van der Waals surface area contributed by atoms with Crippen LogP contribution >= 0.6 is 0 Å². The molecule has 2 N–H and O–H groups in total. The van der Waals surface area contributed by atoms with Gasteiger partial charge in [0.25, 0.3) is 5.91 Å². The Labute approximate surface area is 158 Å². The standard InChI is InChI=1S/C20H26FN3O3/c1-14(13-15-7-3-4-8-16(15)21)22-17(25)9-12-24-18(26)20(23-19(24)27)10-5-2-6-11-20/h3-4,7-8,14H,2,5-6,9-13H2,1H3,(H,22,25)(H,23,27). The minimum atomic E-state index is -0.760. The zero-order valence-electron chi connectivity index (χ0n) is 15.6. The second kappa shape index (κ2) is 8.06. The summed E-state index contributed by atoms with van der Waals surface area (Å²) in [6.07, 6.45) is 4.68. The molecule has 2 aliphatic rings. The Morgan fingerprint density at radius 2 is 1.96 bits per heavy atom. The van der Waals surface area contributed by atoms with E-state index < -0.39 is 11.6 Å². The average Bonchev–Trinajstić information content (AvgIpc) is 2.85. The Bertz CT molecular complexity index is 731. The molecule has 1 aliphatic heterocycles. The summed E-state index contributed by atoms with van der Waals surface area (Å²) < 4.78 is 13.7. The topological polar surface area (TPSA) is 78.5 Å². The highest BCUT2D eigenvalue weighted by molar-refractivity contribution is 6.07. The van der Waals surface area contributed by atoms with Gasteiger partial charge in [0.05, 0.1) is 0 Å². The number of imide groups is 1. The first-order valence-electron chi connectivity index (χ1n) is 9.58. The molecule has 2 fully saturated rings. The number of nitrogens with zero attached hydrogens (tertiary/aromatic N) is 1. The van der Waals surface area contributed by atoms with Crippen molar-refractivity contribution < 1.29 is 18.8 Å². The maximum atomic E-state index is 13.7. The largest absolute Gasteiger partial charge is 0.353 e. The first-order chi connectivity index (χ1) is 12.9. The normalized spacial score (nSPS) is 19.9. The molecule has 1 atom stereocenters. The van der Waals surface area contributed by atoms with E-state index in [0.29, 0.717) is 24.8 Å². The summed E-state index contributed by atoms with van der Waals surface area (Å²) >= 11 is 0. The SMILES string of the molecule is CC(Cc1ccccc1F)NC(=O)CCN1C(=O)NC2(CCCCC2)C1=O.